The second-order valence-electron chi connectivity index (χ2n) is 2.84. The van der Waals surface area contributed by atoms with Crippen molar-refractivity contribution in [1.29, 1.82) is 0 Å². The van der Waals surface area contributed by atoms with Crippen LogP contribution in [-0.4, -0.2) is 17.6 Å². The van der Waals surface area contributed by atoms with Crippen molar-refractivity contribution in [2.24, 2.45) is 0 Å². The Labute approximate surface area is 86.9 Å². The van der Waals surface area contributed by atoms with Gasteiger partial charge in [-0.3, -0.25) is 4.79 Å². The minimum Gasteiger partial charge on any atom is -0.507 e. The van der Waals surface area contributed by atoms with E-state index in [1.807, 2.05) is 0 Å². The molecule has 0 aliphatic carbocycles. The number of hydrogen-bond acceptors (Lipinski definition) is 2. The molecule has 0 aliphatic heterocycles. The predicted molar refractivity (Wildman–Crippen MR) is 53.8 cm³/mol. The van der Waals surface area contributed by atoms with Gasteiger partial charge in [-0.15, -0.1) is 12.3 Å². The number of carbonyl (C=O) groups is 1. The van der Waals surface area contributed by atoms with Crippen molar-refractivity contribution < 1.29 is 14.3 Å². The average Bonchev–Trinajstić information content (AvgIpc) is 2.18. The topological polar surface area (TPSA) is 49.3 Å². The molecule has 0 radical (unpaired) electrons. The molecule has 0 unspecified atom stereocenters. The molecule has 0 saturated carbocycles. The summed E-state index contributed by atoms with van der Waals surface area (Å²) in [5.41, 5.74) is -0.352. The van der Waals surface area contributed by atoms with Crippen LogP contribution in [0.15, 0.2) is 18.2 Å². The second kappa shape index (κ2) is 5.01. The fourth-order valence-electron chi connectivity index (χ4n) is 1.07. The van der Waals surface area contributed by atoms with E-state index in [9.17, 15) is 14.3 Å². The zero-order valence-electron chi connectivity index (χ0n) is 7.96. The molecule has 78 valence electrons. The van der Waals surface area contributed by atoms with Crippen molar-refractivity contribution in [3.8, 4) is 18.1 Å². The van der Waals surface area contributed by atoms with Gasteiger partial charge in [-0.05, 0) is 12.1 Å². The van der Waals surface area contributed by atoms with Crippen molar-refractivity contribution >= 4 is 5.91 Å². The van der Waals surface area contributed by atoms with E-state index in [4.69, 9.17) is 6.42 Å². The molecule has 1 rings (SSSR count). The molecule has 2 N–H and O–H groups in total. The number of benzene rings is 1. The van der Waals surface area contributed by atoms with Crippen molar-refractivity contribution in [1.82, 2.24) is 5.32 Å². The molecule has 0 heterocycles. The summed E-state index contributed by atoms with van der Waals surface area (Å²) in [6.07, 6.45) is 5.35. The van der Waals surface area contributed by atoms with Crippen molar-refractivity contribution in [3.63, 3.8) is 0 Å². The summed E-state index contributed by atoms with van der Waals surface area (Å²) in [7, 11) is 0. The maximum atomic E-state index is 13.1. The van der Waals surface area contributed by atoms with Gasteiger partial charge in [-0.2, -0.15) is 0 Å². The quantitative estimate of drug-likeness (QED) is 0.579. The van der Waals surface area contributed by atoms with Crippen LogP contribution in [0.25, 0.3) is 0 Å². The van der Waals surface area contributed by atoms with Gasteiger partial charge >= 0.3 is 0 Å². The van der Waals surface area contributed by atoms with Crippen LogP contribution < -0.4 is 5.32 Å². The largest absolute Gasteiger partial charge is 0.507 e. The molecule has 0 aromatic heterocycles. The molecule has 3 nitrogen and oxygen atoms in total. The molecular formula is C11H10FNO2. The lowest BCUT2D eigenvalue weighted by molar-refractivity contribution is 0.0947. The number of phenolic OH excluding ortho intramolecular Hbond substituents is 1. The molecule has 1 aromatic rings. The van der Waals surface area contributed by atoms with E-state index >= 15 is 0 Å². The molecule has 0 fully saturated rings. The summed E-state index contributed by atoms with van der Waals surface area (Å²) in [5, 5.41) is 11.7. The fourth-order valence-corrected chi connectivity index (χ4v) is 1.07. The van der Waals surface area contributed by atoms with Gasteiger partial charge in [0, 0.05) is 13.0 Å². The minimum atomic E-state index is -0.756. The Balaban J connectivity index is 2.78. The number of terminal acetylenes is 1. The van der Waals surface area contributed by atoms with Crippen LogP contribution in [-0.2, 0) is 0 Å². The summed E-state index contributed by atoms with van der Waals surface area (Å²) >= 11 is 0. The Kier molecular flexibility index (Phi) is 3.69. The summed E-state index contributed by atoms with van der Waals surface area (Å²) in [6.45, 7) is 0.253. The Bertz CT molecular complexity index is 389. The van der Waals surface area contributed by atoms with E-state index < -0.39 is 11.7 Å². The predicted octanol–water partition coefficient (Wildman–Crippen LogP) is 1.28. The third-order valence-electron chi connectivity index (χ3n) is 1.77. The monoisotopic (exact) mass is 207 g/mol. The number of amides is 1. The Hall–Kier alpha value is -2.02. The first-order chi connectivity index (χ1) is 7.16. The van der Waals surface area contributed by atoms with Crippen molar-refractivity contribution in [2.75, 3.05) is 6.54 Å². The smallest absolute Gasteiger partial charge is 0.258 e. The first-order valence-electron chi connectivity index (χ1n) is 4.36. The van der Waals surface area contributed by atoms with Crippen LogP contribution >= 0.6 is 0 Å². The van der Waals surface area contributed by atoms with E-state index in [1.165, 1.54) is 12.1 Å². The maximum absolute atomic E-state index is 13.1. The van der Waals surface area contributed by atoms with E-state index in [0.29, 0.717) is 6.42 Å². The molecular weight excluding hydrogens is 197 g/mol. The van der Waals surface area contributed by atoms with Crippen LogP contribution in [0.1, 0.15) is 16.8 Å². The highest BCUT2D eigenvalue weighted by Gasteiger charge is 2.15. The Morgan fingerprint density at radius 1 is 1.60 bits per heavy atom. The second-order valence-corrected chi connectivity index (χ2v) is 2.84. The highest BCUT2D eigenvalue weighted by molar-refractivity contribution is 5.97. The number of hydrogen-bond donors (Lipinski definition) is 2. The lowest BCUT2D eigenvalue weighted by Crippen LogP contribution is -2.25. The van der Waals surface area contributed by atoms with Gasteiger partial charge in [0.1, 0.15) is 17.1 Å². The molecule has 15 heavy (non-hydrogen) atoms. The van der Waals surface area contributed by atoms with Gasteiger partial charge in [-0.1, -0.05) is 6.07 Å². The van der Waals surface area contributed by atoms with Crippen LogP contribution in [0.3, 0.4) is 0 Å². The number of halogens is 1. The van der Waals surface area contributed by atoms with Gasteiger partial charge in [0.05, 0.1) is 0 Å². The highest BCUT2D eigenvalue weighted by Crippen LogP contribution is 2.19. The van der Waals surface area contributed by atoms with Gasteiger partial charge in [0.25, 0.3) is 5.91 Å². The Morgan fingerprint density at radius 3 is 2.93 bits per heavy atom. The van der Waals surface area contributed by atoms with Crippen molar-refractivity contribution in [2.45, 2.75) is 6.42 Å². The van der Waals surface area contributed by atoms with E-state index in [1.54, 1.807) is 0 Å². The lowest BCUT2D eigenvalue weighted by Gasteiger charge is -2.05. The van der Waals surface area contributed by atoms with Crippen LogP contribution in [0, 0.1) is 18.2 Å². The lowest BCUT2D eigenvalue weighted by atomic mass is 10.1. The molecule has 0 bridgehead atoms. The SMILES string of the molecule is C#CCCNC(=O)c1c(O)cccc1F. The average molecular weight is 207 g/mol. The summed E-state index contributed by atoms with van der Waals surface area (Å²) in [6, 6.07) is 3.68. The van der Waals surface area contributed by atoms with Gasteiger partial charge in [0.15, 0.2) is 0 Å². The summed E-state index contributed by atoms with van der Waals surface area (Å²) < 4.78 is 13.1. The molecule has 1 amide bonds. The third-order valence-corrected chi connectivity index (χ3v) is 1.77. The normalized spacial score (nSPS) is 9.33. The van der Waals surface area contributed by atoms with Crippen LogP contribution in [0.5, 0.6) is 5.75 Å². The molecule has 0 spiro atoms. The molecule has 0 saturated heterocycles. The standard InChI is InChI=1S/C11H10FNO2/c1-2-3-7-13-11(15)10-8(12)5-4-6-9(10)14/h1,4-6,14H,3,7H2,(H,13,15). The van der Waals surface area contributed by atoms with Crippen LogP contribution in [0.2, 0.25) is 0 Å². The molecule has 1 aromatic carbocycles. The van der Waals surface area contributed by atoms with E-state index in [0.717, 1.165) is 6.07 Å². The van der Waals surface area contributed by atoms with Gasteiger partial charge < -0.3 is 10.4 Å². The third kappa shape index (κ3) is 2.71. The molecule has 4 heteroatoms. The van der Waals surface area contributed by atoms with Gasteiger partial charge in [-0.25, -0.2) is 4.39 Å². The number of nitrogens with one attached hydrogen (secondary N) is 1. The van der Waals surface area contributed by atoms with E-state index in [2.05, 4.69) is 11.2 Å². The fraction of sp³-hybridized carbons (Fsp3) is 0.182. The zero-order chi connectivity index (χ0) is 11.3. The van der Waals surface area contributed by atoms with Crippen molar-refractivity contribution in [3.05, 3.63) is 29.6 Å². The highest BCUT2D eigenvalue weighted by atomic mass is 19.1. The van der Waals surface area contributed by atoms with E-state index in [-0.39, 0.29) is 17.9 Å². The maximum Gasteiger partial charge on any atom is 0.258 e. The first kappa shape index (κ1) is 11.1. The number of aromatic hydroxyl groups is 1. The number of phenols is 1. The van der Waals surface area contributed by atoms with Crippen LogP contribution in [0.4, 0.5) is 4.39 Å². The molecule has 0 atom stereocenters. The Morgan fingerprint density at radius 2 is 2.33 bits per heavy atom. The van der Waals surface area contributed by atoms with Gasteiger partial charge in [0.2, 0.25) is 0 Å². The first-order valence-corrected chi connectivity index (χ1v) is 4.36. The molecule has 0 aliphatic rings. The summed E-state index contributed by atoms with van der Waals surface area (Å²) in [4.78, 5) is 11.4. The minimum absolute atomic E-state index is 0.253. The number of rotatable bonds is 3. The summed E-state index contributed by atoms with van der Waals surface area (Å²) in [5.74, 6) is 0.529. The number of carbonyl (C=O) groups excluding carboxylic acids is 1. The zero-order valence-corrected chi connectivity index (χ0v) is 7.96.